The van der Waals surface area contributed by atoms with Crippen LogP contribution in [0.25, 0.3) is 11.3 Å². The maximum absolute atomic E-state index is 13.0. The molecule has 0 spiro atoms. The Hall–Kier alpha value is -2.97. The first-order valence-electron chi connectivity index (χ1n) is 9.23. The van der Waals surface area contributed by atoms with Crippen molar-refractivity contribution in [2.45, 2.75) is 31.7 Å². The predicted molar refractivity (Wildman–Crippen MR) is 112 cm³/mol. The highest BCUT2D eigenvalue weighted by Crippen LogP contribution is 2.43. The van der Waals surface area contributed by atoms with Crippen molar-refractivity contribution in [2.24, 2.45) is 10.6 Å². The summed E-state index contributed by atoms with van der Waals surface area (Å²) < 4.78 is 23.5. The summed E-state index contributed by atoms with van der Waals surface area (Å²) in [5, 5.41) is 8.37. The molecule has 0 radical (unpaired) electrons. The number of fused-ring (bicyclic) bond motifs is 1. The van der Waals surface area contributed by atoms with Crippen molar-refractivity contribution in [1.82, 2.24) is 9.97 Å². The van der Waals surface area contributed by atoms with Crippen LogP contribution in [0.2, 0.25) is 0 Å². The van der Waals surface area contributed by atoms with Crippen LogP contribution in [0.5, 0.6) is 0 Å². The number of ketones is 1. The van der Waals surface area contributed by atoms with Crippen LogP contribution >= 0.6 is 0 Å². The number of para-hydroxylation sites is 1. The Kier molecular flexibility index (Phi) is 4.55. The molecule has 0 fully saturated rings. The molecule has 0 saturated heterocycles. The zero-order chi connectivity index (χ0) is 20.8. The van der Waals surface area contributed by atoms with Crippen LogP contribution in [0.15, 0.2) is 53.7 Å². The number of primary sulfonamides is 1. The molecule has 2 heterocycles. The number of nitrogens with two attached hydrogens (primary N) is 1. The molecule has 0 saturated carbocycles. The number of Topliss-reactive ketones (excluding diaryl/α,β-unsaturated/α-hetero) is 1. The summed E-state index contributed by atoms with van der Waals surface area (Å²) in [4.78, 5) is 20.2. The molecule has 3 aromatic rings. The second-order valence-electron chi connectivity index (χ2n) is 8.09. The van der Waals surface area contributed by atoms with Gasteiger partial charge in [-0.2, -0.15) is 0 Å². The molecule has 0 aliphatic heterocycles. The number of hydrogen-bond acceptors (Lipinski definition) is 5. The molecular formula is C21H22N4O3S. The number of pyridine rings is 1. The first-order valence-corrected chi connectivity index (χ1v) is 10.8. The van der Waals surface area contributed by atoms with Crippen molar-refractivity contribution in [3.63, 3.8) is 0 Å². The van der Waals surface area contributed by atoms with Gasteiger partial charge in [0, 0.05) is 29.6 Å². The molecule has 0 atom stereocenters. The number of aromatic nitrogens is 2. The Morgan fingerprint density at radius 2 is 1.86 bits per heavy atom. The number of nitrogens with one attached hydrogen (secondary N) is 2. The summed E-state index contributed by atoms with van der Waals surface area (Å²) in [5.41, 5.74) is 4.00. The molecule has 1 aromatic carbocycles. The lowest BCUT2D eigenvalue weighted by Crippen LogP contribution is -2.26. The molecule has 0 bridgehead atoms. The van der Waals surface area contributed by atoms with E-state index in [1.54, 1.807) is 6.07 Å². The standard InChI is InChI=1S/C21H22N4O3S/c1-21(2)11-15-18(16(26)12-21)20(24-14-6-4-3-5-7-14)19(25-15)13-8-9-23-17(10-13)29(22,27)28/h3-10,24-25H,11-12H2,1-2H3,(H2,22,27,28). The minimum absolute atomic E-state index is 0.0536. The van der Waals surface area contributed by atoms with Crippen LogP contribution in [0.4, 0.5) is 11.4 Å². The number of benzene rings is 1. The number of carbonyl (C=O) groups is 1. The summed E-state index contributed by atoms with van der Waals surface area (Å²) in [7, 11) is -3.95. The van der Waals surface area contributed by atoms with E-state index in [-0.39, 0.29) is 16.2 Å². The van der Waals surface area contributed by atoms with Gasteiger partial charge in [-0.05, 0) is 36.1 Å². The summed E-state index contributed by atoms with van der Waals surface area (Å²) in [6.07, 6.45) is 2.55. The van der Waals surface area contributed by atoms with E-state index in [9.17, 15) is 13.2 Å². The Labute approximate surface area is 169 Å². The lowest BCUT2D eigenvalue weighted by atomic mass is 9.76. The highest BCUT2D eigenvalue weighted by atomic mass is 32.2. The maximum atomic E-state index is 13.0. The first kappa shape index (κ1) is 19.4. The van der Waals surface area contributed by atoms with Gasteiger partial charge < -0.3 is 10.3 Å². The Morgan fingerprint density at radius 1 is 1.14 bits per heavy atom. The second-order valence-corrected chi connectivity index (χ2v) is 9.60. The Morgan fingerprint density at radius 3 is 2.55 bits per heavy atom. The van der Waals surface area contributed by atoms with Crippen LogP contribution in [-0.4, -0.2) is 24.2 Å². The monoisotopic (exact) mass is 410 g/mol. The lowest BCUT2D eigenvalue weighted by Gasteiger charge is -2.28. The molecule has 1 aliphatic rings. The molecule has 2 aromatic heterocycles. The normalized spacial score (nSPS) is 15.8. The third-order valence-electron chi connectivity index (χ3n) is 5.01. The predicted octanol–water partition coefficient (Wildman–Crippen LogP) is 3.62. The Bertz CT molecular complexity index is 1200. The number of H-pyrrole nitrogens is 1. The van der Waals surface area contributed by atoms with E-state index < -0.39 is 10.0 Å². The molecule has 0 amide bonds. The van der Waals surface area contributed by atoms with Crippen LogP contribution in [0.3, 0.4) is 0 Å². The maximum Gasteiger partial charge on any atom is 0.255 e. The van der Waals surface area contributed by atoms with E-state index in [1.807, 2.05) is 30.3 Å². The van der Waals surface area contributed by atoms with E-state index in [1.165, 1.54) is 12.3 Å². The van der Waals surface area contributed by atoms with Gasteiger partial charge in [-0.15, -0.1) is 0 Å². The number of sulfonamides is 1. The molecule has 1 aliphatic carbocycles. The minimum Gasteiger partial charge on any atom is -0.356 e. The topological polar surface area (TPSA) is 118 Å². The number of rotatable bonds is 4. The average Bonchev–Trinajstić information content (AvgIpc) is 2.99. The zero-order valence-corrected chi connectivity index (χ0v) is 17.0. The van der Waals surface area contributed by atoms with E-state index >= 15 is 0 Å². The number of carbonyl (C=O) groups excluding carboxylic acids is 1. The van der Waals surface area contributed by atoms with Crippen LogP contribution < -0.4 is 10.5 Å². The van der Waals surface area contributed by atoms with Crippen molar-refractivity contribution in [2.75, 3.05) is 5.32 Å². The van der Waals surface area contributed by atoms with E-state index in [4.69, 9.17) is 5.14 Å². The fraction of sp³-hybridized carbons (Fsp3) is 0.238. The number of aromatic amines is 1. The van der Waals surface area contributed by atoms with Crippen LogP contribution in [0, 0.1) is 5.41 Å². The molecule has 7 nitrogen and oxygen atoms in total. The number of hydrogen-bond donors (Lipinski definition) is 3. The van der Waals surface area contributed by atoms with Crippen LogP contribution in [0.1, 0.15) is 36.3 Å². The molecule has 4 rings (SSSR count). The number of nitrogens with zero attached hydrogens (tertiary/aromatic N) is 1. The van der Waals surface area contributed by atoms with Crippen LogP contribution in [-0.2, 0) is 16.4 Å². The van der Waals surface area contributed by atoms with Crippen molar-refractivity contribution in [1.29, 1.82) is 0 Å². The van der Waals surface area contributed by atoms with Gasteiger partial charge in [0.1, 0.15) is 0 Å². The smallest absolute Gasteiger partial charge is 0.255 e. The highest BCUT2D eigenvalue weighted by Gasteiger charge is 2.35. The molecular weight excluding hydrogens is 388 g/mol. The second kappa shape index (κ2) is 6.82. The Balaban J connectivity index is 1.91. The fourth-order valence-electron chi connectivity index (χ4n) is 3.78. The average molecular weight is 410 g/mol. The SMILES string of the molecule is CC1(C)CC(=O)c2c([nH]c(-c3ccnc(S(N)(=O)=O)c3)c2Nc2ccccc2)C1. The lowest BCUT2D eigenvalue weighted by molar-refractivity contribution is 0.0912. The van der Waals surface area contributed by atoms with Gasteiger partial charge in [-0.3, -0.25) is 4.79 Å². The molecule has 150 valence electrons. The molecule has 8 heteroatoms. The van der Waals surface area contributed by atoms with Gasteiger partial charge in [-0.1, -0.05) is 32.0 Å². The largest absolute Gasteiger partial charge is 0.356 e. The van der Waals surface area contributed by atoms with Gasteiger partial charge in [-0.25, -0.2) is 18.5 Å². The van der Waals surface area contributed by atoms with Crippen molar-refractivity contribution < 1.29 is 13.2 Å². The van der Waals surface area contributed by atoms with Gasteiger partial charge in [0.25, 0.3) is 10.0 Å². The van der Waals surface area contributed by atoms with E-state index in [0.29, 0.717) is 35.3 Å². The summed E-state index contributed by atoms with van der Waals surface area (Å²) in [6.45, 7) is 4.12. The van der Waals surface area contributed by atoms with Gasteiger partial charge >= 0.3 is 0 Å². The van der Waals surface area contributed by atoms with Crippen molar-refractivity contribution >= 4 is 27.2 Å². The quantitative estimate of drug-likeness (QED) is 0.607. The van der Waals surface area contributed by atoms with E-state index in [0.717, 1.165) is 11.4 Å². The third-order valence-corrected chi connectivity index (χ3v) is 5.82. The summed E-state index contributed by atoms with van der Waals surface area (Å²) in [6, 6.07) is 12.6. The number of anilines is 2. The zero-order valence-electron chi connectivity index (χ0n) is 16.2. The molecule has 4 N–H and O–H groups in total. The summed E-state index contributed by atoms with van der Waals surface area (Å²) in [5.74, 6) is 0.0536. The molecule has 0 unspecified atom stereocenters. The fourth-order valence-corrected chi connectivity index (χ4v) is 4.28. The minimum atomic E-state index is -3.95. The highest BCUT2D eigenvalue weighted by molar-refractivity contribution is 7.89. The van der Waals surface area contributed by atoms with Crippen molar-refractivity contribution in [3.8, 4) is 11.3 Å². The van der Waals surface area contributed by atoms with Gasteiger partial charge in [0.05, 0.1) is 16.9 Å². The molecule has 29 heavy (non-hydrogen) atoms. The van der Waals surface area contributed by atoms with Crippen molar-refractivity contribution in [3.05, 3.63) is 59.9 Å². The van der Waals surface area contributed by atoms with E-state index in [2.05, 4.69) is 29.1 Å². The third kappa shape index (κ3) is 3.81. The first-order chi connectivity index (χ1) is 13.6. The summed E-state index contributed by atoms with van der Waals surface area (Å²) >= 11 is 0. The van der Waals surface area contributed by atoms with Gasteiger partial charge in [0.2, 0.25) is 0 Å². The van der Waals surface area contributed by atoms with Gasteiger partial charge in [0.15, 0.2) is 10.8 Å².